The van der Waals surface area contributed by atoms with E-state index < -0.39 is 0 Å². The molecule has 1 aromatic carbocycles. The molecule has 0 aliphatic carbocycles. The fourth-order valence-corrected chi connectivity index (χ4v) is 1.30. The monoisotopic (exact) mass is 202 g/mol. The Bertz CT molecular complexity index is 323. The highest BCUT2D eigenvalue weighted by atomic mass is 35.5. The van der Waals surface area contributed by atoms with Crippen LogP contribution in [-0.4, -0.2) is 19.3 Å². The second-order valence-corrected chi connectivity index (χ2v) is 2.95. The van der Waals surface area contributed by atoms with E-state index in [0.29, 0.717) is 22.1 Å². The zero-order chi connectivity index (χ0) is 10.0. The lowest BCUT2D eigenvalue weighted by Crippen LogP contribution is -1.93. The van der Waals surface area contributed by atoms with Gasteiger partial charge >= 0.3 is 0 Å². The first kappa shape index (κ1) is 9.99. The zero-order valence-electron chi connectivity index (χ0n) is 7.72. The molecule has 0 amide bonds. The first-order chi connectivity index (χ1) is 6.11. The molecule has 1 rings (SSSR count). The molecule has 0 unspecified atom stereocenters. The maximum Gasteiger partial charge on any atom is 0.179 e. The van der Waals surface area contributed by atoms with E-state index in [1.54, 1.807) is 6.92 Å². The number of methoxy groups -OCH3 is 2. The number of phenols is 1. The topological polar surface area (TPSA) is 38.7 Å². The molecule has 0 aliphatic heterocycles. The van der Waals surface area contributed by atoms with Crippen molar-refractivity contribution in [3.63, 3.8) is 0 Å². The van der Waals surface area contributed by atoms with Gasteiger partial charge in [-0.1, -0.05) is 11.6 Å². The summed E-state index contributed by atoms with van der Waals surface area (Å²) >= 11 is 5.92. The van der Waals surface area contributed by atoms with E-state index >= 15 is 0 Å². The lowest BCUT2D eigenvalue weighted by atomic mass is 10.2. The molecule has 3 nitrogen and oxygen atoms in total. The maximum atomic E-state index is 9.41. The van der Waals surface area contributed by atoms with Gasteiger partial charge in [0.05, 0.1) is 19.2 Å². The molecule has 0 saturated carbocycles. The van der Waals surface area contributed by atoms with Crippen molar-refractivity contribution in [3.05, 3.63) is 16.7 Å². The third-order valence-corrected chi connectivity index (χ3v) is 2.28. The minimum absolute atomic E-state index is 0.0997. The molecule has 0 aromatic heterocycles. The smallest absolute Gasteiger partial charge is 0.179 e. The minimum Gasteiger partial charge on any atom is -0.507 e. The van der Waals surface area contributed by atoms with Crippen LogP contribution in [0.1, 0.15) is 5.56 Å². The molecule has 0 atom stereocenters. The second kappa shape index (κ2) is 3.75. The molecule has 0 heterocycles. The summed E-state index contributed by atoms with van der Waals surface area (Å²) in [6.45, 7) is 1.71. The molecule has 13 heavy (non-hydrogen) atoms. The average molecular weight is 203 g/mol. The Hall–Kier alpha value is -1.09. The van der Waals surface area contributed by atoms with E-state index in [0.717, 1.165) is 0 Å². The van der Waals surface area contributed by atoms with Crippen LogP contribution in [0.2, 0.25) is 5.02 Å². The van der Waals surface area contributed by atoms with E-state index in [9.17, 15) is 5.11 Å². The highest BCUT2D eigenvalue weighted by molar-refractivity contribution is 6.33. The largest absolute Gasteiger partial charge is 0.507 e. The minimum atomic E-state index is 0.0997. The summed E-state index contributed by atoms with van der Waals surface area (Å²) in [5, 5.41) is 9.79. The Kier molecular flexibility index (Phi) is 2.88. The van der Waals surface area contributed by atoms with E-state index in [1.165, 1.54) is 20.3 Å². The van der Waals surface area contributed by atoms with Crippen molar-refractivity contribution >= 4 is 11.6 Å². The van der Waals surface area contributed by atoms with Crippen molar-refractivity contribution in [2.45, 2.75) is 6.92 Å². The maximum absolute atomic E-state index is 9.41. The highest BCUT2D eigenvalue weighted by Gasteiger charge is 2.14. The molecule has 0 bridgehead atoms. The molecule has 0 spiro atoms. The van der Waals surface area contributed by atoms with Gasteiger partial charge in [-0.2, -0.15) is 0 Å². The SMILES string of the molecule is COc1cc(O)c(C)c(Cl)c1OC. The summed E-state index contributed by atoms with van der Waals surface area (Å²) in [6, 6.07) is 1.47. The van der Waals surface area contributed by atoms with E-state index in [4.69, 9.17) is 21.1 Å². The number of halogens is 1. The van der Waals surface area contributed by atoms with Crippen LogP contribution in [0, 0.1) is 6.92 Å². The second-order valence-electron chi connectivity index (χ2n) is 2.57. The Morgan fingerprint density at radius 2 is 1.92 bits per heavy atom. The molecule has 0 fully saturated rings. The number of hydrogen-bond donors (Lipinski definition) is 1. The van der Waals surface area contributed by atoms with Crippen molar-refractivity contribution in [1.82, 2.24) is 0 Å². The van der Waals surface area contributed by atoms with Gasteiger partial charge in [0.15, 0.2) is 11.5 Å². The Morgan fingerprint density at radius 3 is 2.38 bits per heavy atom. The number of rotatable bonds is 2. The van der Waals surface area contributed by atoms with Crippen LogP contribution in [0.25, 0.3) is 0 Å². The highest BCUT2D eigenvalue weighted by Crippen LogP contribution is 2.41. The molecular formula is C9H11ClO3. The fraction of sp³-hybridized carbons (Fsp3) is 0.333. The van der Waals surface area contributed by atoms with Crippen LogP contribution in [-0.2, 0) is 0 Å². The normalized spacial score (nSPS) is 9.85. The summed E-state index contributed by atoms with van der Waals surface area (Å²) in [5.74, 6) is 0.970. The van der Waals surface area contributed by atoms with Crippen LogP contribution < -0.4 is 9.47 Å². The molecule has 0 saturated heterocycles. The predicted molar refractivity (Wildman–Crippen MR) is 51.0 cm³/mol. The van der Waals surface area contributed by atoms with Gasteiger partial charge in [0.2, 0.25) is 0 Å². The number of ether oxygens (including phenoxy) is 2. The number of hydrogen-bond acceptors (Lipinski definition) is 3. The predicted octanol–water partition coefficient (Wildman–Crippen LogP) is 2.37. The summed E-state index contributed by atoms with van der Waals surface area (Å²) < 4.78 is 10.0. The van der Waals surface area contributed by atoms with Crippen LogP contribution in [0.15, 0.2) is 6.07 Å². The van der Waals surface area contributed by atoms with Gasteiger partial charge in [-0.15, -0.1) is 0 Å². The van der Waals surface area contributed by atoms with Crippen molar-refractivity contribution in [3.8, 4) is 17.2 Å². The Labute approximate surface area is 81.9 Å². The third-order valence-electron chi connectivity index (χ3n) is 1.83. The van der Waals surface area contributed by atoms with Crippen LogP contribution in [0.4, 0.5) is 0 Å². The summed E-state index contributed by atoms with van der Waals surface area (Å²) in [5.41, 5.74) is 0.583. The molecule has 4 heteroatoms. The molecule has 0 radical (unpaired) electrons. The first-order valence-electron chi connectivity index (χ1n) is 3.71. The summed E-state index contributed by atoms with van der Waals surface area (Å²) in [7, 11) is 2.99. The van der Waals surface area contributed by atoms with Crippen LogP contribution >= 0.6 is 11.6 Å². The number of benzene rings is 1. The van der Waals surface area contributed by atoms with E-state index in [1.807, 2.05) is 0 Å². The van der Waals surface area contributed by atoms with Crippen LogP contribution in [0.3, 0.4) is 0 Å². The molecule has 1 aromatic rings. The average Bonchev–Trinajstić information content (AvgIpc) is 2.13. The van der Waals surface area contributed by atoms with Gasteiger partial charge in [0, 0.05) is 11.6 Å². The third kappa shape index (κ3) is 1.65. The van der Waals surface area contributed by atoms with Crippen molar-refractivity contribution in [2.75, 3.05) is 14.2 Å². The van der Waals surface area contributed by atoms with Crippen molar-refractivity contribution in [2.24, 2.45) is 0 Å². The van der Waals surface area contributed by atoms with Gasteiger partial charge in [-0.3, -0.25) is 0 Å². The fourth-order valence-electron chi connectivity index (χ4n) is 1.03. The van der Waals surface area contributed by atoms with Gasteiger partial charge in [-0.25, -0.2) is 0 Å². The van der Waals surface area contributed by atoms with E-state index in [-0.39, 0.29) is 5.75 Å². The number of aromatic hydroxyl groups is 1. The molecule has 72 valence electrons. The Balaban J connectivity index is 3.39. The van der Waals surface area contributed by atoms with Crippen LogP contribution in [0.5, 0.6) is 17.2 Å². The zero-order valence-corrected chi connectivity index (χ0v) is 8.47. The molecular weight excluding hydrogens is 192 g/mol. The quantitative estimate of drug-likeness (QED) is 0.800. The van der Waals surface area contributed by atoms with Crippen molar-refractivity contribution < 1.29 is 14.6 Å². The summed E-state index contributed by atoms with van der Waals surface area (Å²) in [6.07, 6.45) is 0. The molecule has 0 aliphatic rings. The van der Waals surface area contributed by atoms with Gasteiger partial charge in [0.25, 0.3) is 0 Å². The van der Waals surface area contributed by atoms with Crippen molar-refractivity contribution in [1.29, 1.82) is 0 Å². The van der Waals surface area contributed by atoms with Gasteiger partial charge in [0.1, 0.15) is 5.75 Å². The van der Waals surface area contributed by atoms with E-state index in [2.05, 4.69) is 0 Å². The Morgan fingerprint density at radius 1 is 1.31 bits per heavy atom. The number of phenolic OH excluding ortho intramolecular Hbond substituents is 1. The summed E-state index contributed by atoms with van der Waals surface area (Å²) in [4.78, 5) is 0. The lowest BCUT2D eigenvalue weighted by Gasteiger charge is -2.11. The van der Waals surface area contributed by atoms with Gasteiger partial charge in [-0.05, 0) is 6.92 Å². The lowest BCUT2D eigenvalue weighted by molar-refractivity contribution is 0.351. The van der Waals surface area contributed by atoms with Gasteiger partial charge < -0.3 is 14.6 Å². The first-order valence-corrected chi connectivity index (χ1v) is 4.09. The standard InChI is InChI=1S/C9H11ClO3/c1-5-6(11)4-7(12-2)9(13-3)8(5)10/h4,11H,1-3H3. The molecule has 1 N–H and O–H groups in total.